The fourth-order valence-electron chi connectivity index (χ4n) is 2.03. The number of hydrogen-bond acceptors (Lipinski definition) is 2. The van der Waals surface area contributed by atoms with Crippen LogP contribution in [-0.2, 0) is 10.9 Å². The molecule has 0 spiro atoms. The van der Waals surface area contributed by atoms with Gasteiger partial charge in [0.2, 0.25) is 0 Å². The molecule has 0 heterocycles. The summed E-state index contributed by atoms with van der Waals surface area (Å²) in [6.45, 7) is 7.83. The number of aliphatic imine (C=N–C) groups is 2. The molecule has 0 amide bonds. The molecule has 0 fully saturated rings. The minimum absolute atomic E-state index is 0.640. The first-order valence-electron chi connectivity index (χ1n) is 7.25. The van der Waals surface area contributed by atoms with E-state index in [2.05, 4.69) is 38.4 Å². The summed E-state index contributed by atoms with van der Waals surface area (Å²) in [5, 5.41) is 1.28. The van der Waals surface area contributed by atoms with Gasteiger partial charge in [-0.2, -0.15) is 0 Å². The summed E-state index contributed by atoms with van der Waals surface area (Å²) in [4.78, 5) is 9.25. The second kappa shape index (κ2) is 11.5. The molecule has 0 radical (unpaired) electrons. The molecule has 0 aromatic heterocycles. The zero-order valence-corrected chi connectivity index (χ0v) is 19.9. The van der Waals surface area contributed by atoms with E-state index in [0.29, 0.717) is 10.0 Å². The van der Waals surface area contributed by atoms with Crippen molar-refractivity contribution in [1.82, 2.24) is 0 Å². The molecule has 138 valence electrons. The van der Waals surface area contributed by atoms with Crippen LogP contribution < -0.4 is 0 Å². The Balaban J connectivity index is 0.000000970. The van der Waals surface area contributed by atoms with E-state index in [-0.39, 0.29) is 0 Å². The summed E-state index contributed by atoms with van der Waals surface area (Å²) in [5.74, 6) is 0. The molecular weight excluding hydrogens is 534 g/mol. The first kappa shape index (κ1) is 22.9. The van der Waals surface area contributed by atoms with Gasteiger partial charge in [-0.3, -0.25) is 9.98 Å². The van der Waals surface area contributed by atoms with Crippen LogP contribution in [0, 0.1) is 13.8 Å². The summed E-state index contributed by atoms with van der Waals surface area (Å²) in [7, 11) is 1.25. The van der Waals surface area contributed by atoms with E-state index in [1.165, 1.54) is 10.9 Å². The Labute approximate surface area is 179 Å². The molecule has 25 heavy (non-hydrogen) atoms. The van der Waals surface area contributed by atoms with Gasteiger partial charge in [0.25, 0.3) is 0 Å². The Kier molecular flexibility index (Phi) is 10.5. The summed E-state index contributed by atoms with van der Waals surface area (Å²) in [6.07, 6.45) is 0. The molecule has 0 unspecified atom stereocenters. The fraction of sp³-hybridized carbons (Fsp3) is 0.222. The molecule has 0 bridgehead atoms. The van der Waals surface area contributed by atoms with Crippen LogP contribution in [0.15, 0.2) is 46.4 Å². The van der Waals surface area contributed by atoms with E-state index in [1.807, 2.05) is 64.1 Å². The first-order valence-corrected chi connectivity index (χ1v) is 12.9. The summed E-state index contributed by atoms with van der Waals surface area (Å²) >= 11 is 18.4. The third kappa shape index (κ3) is 7.15. The predicted molar refractivity (Wildman–Crippen MR) is 116 cm³/mol. The average Bonchev–Trinajstić information content (AvgIpc) is 2.55. The second-order valence-corrected chi connectivity index (χ2v) is 11.0. The van der Waals surface area contributed by atoms with Crippen LogP contribution in [0.3, 0.4) is 0 Å². The molecule has 0 aliphatic heterocycles. The van der Waals surface area contributed by atoms with Gasteiger partial charge < -0.3 is 0 Å². The zero-order valence-electron chi connectivity index (χ0n) is 14.2. The van der Waals surface area contributed by atoms with E-state index >= 15 is 0 Å². The van der Waals surface area contributed by atoms with E-state index in [4.69, 9.17) is 23.2 Å². The van der Waals surface area contributed by atoms with Crippen molar-refractivity contribution in [1.29, 1.82) is 0 Å². The van der Waals surface area contributed by atoms with Crippen molar-refractivity contribution in [2.24, 2.45) is 9.98 Å². The van der Waals surface area contributed by atoms with Gasteiger partial charge in [-0.15, -0.1) is 0 Å². The van der Waals surface area contributed by atoms with Gasteiger partial charge in [0.15, 0.2) is 0 Å². The molecule has 2 aromatic rings. The van der Waals surface area contributed by atoms with Gasteiger partial charge >= 0.3 is 39.3 Å². The number of para-hydroxylation sites is 2. The maximum absolute atomic E-state index is 6.22. The molecular formula is C18H18Br2Cl2N2Ni. The summed E-state index contributed by atoms with van der Waals surface area (Å²) < 4.78 is 0. The number of rotatable bonds is 3. The van der Waals surface area contributed by atoms with Crippen molar-refractivity contribution in [3.63, 3.8) is 0 Å². The number of halogens is 4. The predicted octanol–water partition coefficient (Wildman–Crippen LogP) is 8.18. The van der Waals surface area contributed by atoms with E-state index < -0.39 is 0 Å². The number of hydrogen-bond donors (Lipinski definition) is 0. The number of nitrogens with zero attached hydrogens (tertiary/aromatic N) is 2. The van der Waals surface area contributed by atoms with Crippen molar-refractivity contribution in [3.8, 4) is 0 Å². The van der Waals surface area contributed by atoms with Crippen LogP contribution in [0.25, 0.3) is 0 Å². The van der Waals surface area contributed by atoms with Crippen LogP contribution >= 0.6 is 51.7 Å². The van der Waals surface area contributed by atoms with Crippen molar-refractivity contribution in [2.75, 3.05) is 0 Å². The third-order valence-electron chi connectivity index (χ3n) is 3.46. The van der Waals surface area contributed by atoms with Crippen LogP contribution in [0.2, 0.25) is 10.0 Å². The zero-order chi connectivity index (χ0) is 19.0. The quantitative estimate of drug-likeness (QED) is 0.271. The van der Waals surface area contributed by atoms with Gasteiger partial charge in [0.05, 0.1) is 32.8 Å². The number of aryl methyl sites for hydroxylation is 2. The molecule has 7 heteroatoms. The second-order valence-electron chi connectivity index (χ2n) is 5.25. The standard InChI is InChI=1S/C18H18Cl2N2.2BrH.Ni/c1-11-7-5-9-15(19)17(11)21-13(3)14(4)22-18-12(2)8-6-10-16(18)20;;;/h5-10H,1-4H3;2*1H;/q;;;+2/p-2. The van der Waals surface area contributed by atoms with Gasteiger partial charge in [-0.05, 0) is 51.0 Å². The van der Waals surface area contributed by atoms with Gasteiger partial charge in [-0.1, -0.05) is 47.5 Å². The van der Waals surface area contributed by atoms with E-state index in [1.54, 1.807) is 0 Å². The Morgan fingerprint density at radius 1 is 0.800 bits per heavy atom. The summed E-state index contributed by atoms with van der Waals surface area (Å²) in [6, 6.07) is 11.5. The SMILES string of the molecule is CC(=Nc1c(C)cccc1Cl)C(C)=Nc1c(C)cccc1Cl.[Br][Ni][Br]. The van der Waals surface area contributed by atoms with Crippen molar-refractivity contribution < 1.29 is 10.9 Å². The molecule has 2 rings (SSSR count). The fourth-order valence-corrected chi connectivity index (χ4v) is 2.55. The van der Waals surface area contributed by atoms with E-state index in [9.17, 15) is 0 Å². The van der Waals surface area contributed by atoms with Crippen LogP contribution in [-0.4, -0.2) is 11.4 Å². The van der Waals surface area contributed by atoms with Crippen LogP contribution in [0.1, 0.15) is 25.0 Å². The Bertz CT molecular complexity index is 687. The van der Waals surface area contributed by atoms with Gasteiger partial charge in [0, 0.05) is 0 Å². The van der Waals surface area contributed by atoms with E-state index in [0.717, 1.165) is 33.9 Å². The van der Waals surface area contributed by atoms with Crippen molar-refractivity contribution in [3.05, 3.63) is 57.6 Å². The molecule has 2 nitrogen and oxygen atoms in total. The Hall–Kier alpha value is -0.186. The van der Waals surface area contributed by atoms with Crippen molar-refractivity contribution in [2.45, 2.75) is 27.7 Å². The molecule has 0 N–H and O–H groups in total. The monoisotopic (exact) mass is 548 g/mol. The summed E-state index contributed by atoms with van der Waals surface area (Å²) in [5.41, 5.74) is 5.27. The Morgan fingerprint density at radius 3 is 1.40 bits per heavy atom. The average molecular weight is 552 g/mol. The van der Waals surface area contributed by atoms with Crippen LogP contribution in [0.4, 0.5) is 11.4 Å². The topological polar surface area (TPSA) is 24.7 Å². The maximum atomic E-state index is 6.22. The first-order chi connectivity index (χ1) is 11.8. The van der Waals surface area contributed by atoms with Crippen molar-refractivity contribution >= 4 is 74.5 Å². The molecule has 0 saturated carbocycles. The molecule has 0 aliphatic carbocycles. The molecule has 0 saturated heterocycles. The van der Waals surface area contributed by atoms with Gasteiger partial charge in [-0.25, -0.2) is 0 Å². The third-order valence-corrected chi connectivity index (χ3v) is 4.07. The molecule has 0 aliphatic rings. The molecule has 2 aromatic carbocycles. The number of benzene rings is 2. The normalized spacial score (nSPS) is 12.0. The Morgan fingerprint density at radius 2 is 1.12 bits per heavy atom. The van der Waals surface area contributed by atoms with Crippen LogP contribution in [0.5, 0.6) is 0 Å². The minimum atomic E-state index is 0.640. The van der Waals surface area contributed by atoms with Gasteiger partial charge in [0.1, 0.15) is 0 Å². The molecule has 0 atom stereocenters.